The van der Waals surface area contributed by atoms with E-state index in [1.165, 1.54) is 5.56 Å². The Bertz CT molecular complexity index is 810. The molecule has 0 aromatic heterocycles. The van der Waals surface area contributed by atoms with E-state index in [2.05, 4.69) is 35.2 Å². The summed E-state index contributed by atoms with van der Waals surface area (Å²) in [7, 11) is 1.54. The SMILES string of the molecule is COc1cc2c(cc1O)C(=O)C(CC1CCN(Cc3ccccc3)CC1)C2. The zero-order chi connectivity index (χ0) is 18.8. The first kappa shape index (κ1) is 18.1. The van der Waals surface area contributed by atoms with Crippen LogP contribution in [0.3, 0.4) is 0 Å². The third-order valence-corrected chi connectivity index (χ3v) is 6.08. The summed E-state index contributed by atoms with van der Waals surface area (Å²) >= 11 is 0. The number of hydrogen-bond acceptors (Lipinski definition) is 4. The molecule has 27 heavy (non-hydrogen) atoms. The Morgan fingerprint density at radius 1 is 1.15 bits per heavy atom. The second-order valence-corrected chi connectivity index (χ2v) is 7.89. The molecule has 1 heterocycles. The van der Waals surface area contributed by atoms with Gasteiger partial charge >= 0.3 is 0 Å². The standard InChI is InChI=1S/C23H27NO3/c1-27-22-13-18-12-19(23(26)20(18)14-21(22)25)11-16-7-9-24(10-8-16)15-17-5-3-2-4-6-17/h2-6,13-14,16,19,25H,7-12,15H2,1H3. The number of aromatic hydroxyl groups is 1. The van der Waals surface area contributed by atoms with Crippen LogP contribution in [0.2, 0.25) is 0 Å². The van der Waals surface area contributed by atoms with Gasteiger partial charge in [-0.25, -0.2) is 0 Å². The lowest BCUT2D eigenvalue weighted by molar-refractivity contribution is 0.0895. The third kappa shape index (κ3) is 3.86. The summed E-state index contributed by atoms with van der Waals surface area (Å²) in [5.41, 5.74) is 3.06. The summed E-state index contributed by atoms with van der Waals surface area (Å²) in [6.45, 7) is 3.21. The van der Waals surface area contributed by atoms with E-state index in [1.807, 2.05) is 6.07 Å². The molecule has 4 heteroatoms. The first-order chi connectivity index (χ1) is 13.1. The van der Waals surface area contributed by atoms with Gasteiger partial charge in [0.15, 0.2) is 17.3 Å². The molecule has 0 spiro atoms. The van der Waals surface area contributed by atoms with Crippen molar-refractivity contribution in [2.24, 2.45) is 11.8 Å². The van der Waals surface area contributed by atoms with E-state index < -0.39 is 0 Å². The van der Waals surface area contributed by atoms with E-state index in [1.54, 1.807) is 13.2 Å². The van der Waals surface area contributed by atoms with Gasteiger partial charge in [-0.05, 0) is 68.0 Å². The van der Waals surface area contributed by atoms with Crippen LogP contribution in [0.25, 0.3) is 0 Å². The molecule has 1 unspecified atom stereocenters. The maximum atomic E-state index is 12.8. The van der Waals surface area contributed by atoms with Gasteiger partial charge in [-0.15, -0.1) is 0 Å². The molecule has 1 N–H and O–H groups in total. The number of phenols is 1. The molecule has 1 saturated heterocycles. The van der Waals surface area contributed by atoms with Crippen molar-refractivity contribution < 1.29 is 14.6 Å². The van der Waals surface area contributed by atoms with Crippen molar-refractivity contribution >= 4 is 5.78 Å². The average molecular weight is 365 g/mol. The van der Waals surface area contributed by atoms with Gasteiger partial charge in [0.2, 0.25) is 0 Å². The summed E-state index contributed by atoms with van der Waals surface area (Å²) in [5.74, 6) is 1.36. The highest BCUT2D eigenvalue weighted by molar-refractivity contribution is 6.02. The third-order valence-electron chi connectivity index (χ3n) is 6.08. The molecule has 1 aliphatic carbocycles. The first-order valence-corrected chi connectivity index (χ1v) is 9.84. The van der Waals surface area contributed by atoms with E-state index in [-0.39, 0.29) is 17.5 Å². The molecule has 2 aromatic rings. The normalized spacial score (nSPS) is 20.6. The number of nitrogens with zero attached hydrogens (tertiary/aromatic N) is 1. The fourth-order valence-corrected chi connectivity index (χ4v) is 4.56. The highest BCUT2D eigenvalue weighted by atomic mass is 16.5. The van der Waals surface area contributed by atoms with Gasteiger partial charge in [-0.3, -0.25) is 9.69 Å². The molecule has 1 atom stereocenters. The van der Waals surface area contributed by atoms with Crippen LogP contribution in [0.5, 0.6) is 11.5 Å². The van der Waals surface area contributed by atoms with Crippen LogP contribution in [-0.4, -0.2) is 36.0 Å². The number of piperidine rings is 1. The lowest BCUT2D eigenvalue weighted by atomic mass is 9.85. The predicted molar refractivity (Wildman–Crippen MR) is 105 cm³/mol. The maximum Gasteiger partial charge on any atom is 0.166 e. The van der Waals surface area contributed by atoms with Crippen LogP contribution >= 0.6 is 0 Å². The number of carbonyl (C=O) groups excluding carboxylic acids is 1. The number of Topliss-reactive ketones (excluding diaryl/α,β-unsaturated/α-hetero) is 1. The number of ether oxygens (including phenoxy) is 1. The van der Waals surface area contributed by atoms with E-state index in [9.17, 15) is 9.90 Å². The fourth-order valence-electron chi connectivity index (χ4n) is 4.56. The molecule has 1 aliphatic heterocycles. The van der Waals surface area contributed by atoms with Crippen molar-refractivity contribution in [1.29, 1.82) is 0 Å². The van der Waals surface area contributed by atoms with Crippen LogP contribution in [-0.2, 0) is 13.0 Å². The van der Waals surface area contributed by atoms with E-state index in [0.717, 1.165) is 50.9 Å². The number of fused-ring (bicyclic) bond motifs is 1. The van der Waals surface area contributed by atoms with Crippen LogP contribution < -0.4 is 4.74 Å². The second kappa shape index (κ2) is 7.73. The predicted octanol–water partition coefficient (Wildman–Crippen LogP) is 4.06. The molecule has 4 nitrogen and oxygen atoms in total. The Labute approximate surface area is 160 Å². The van der Waals surface area contributed by atoms with E-state index >= 15 is 0 Å². The minimum atomic E-state index is 0.0529. The highest BCUT2D eigenvalue weighted by Crippen LogP contribution is 2.39. The van der Waals surface area contributed by atoms with Crippen molar-refractivity contribution in [1.82, 2.24) is 4.90 Å². The molecular formula is C23H27NO3. The van der Waals surface area contributed by atoms with Crippen LogP contribution in [0, 0.1) is 11.8 Å². The number of benzene rings is 2. The Kier molecular flexibility index (Phi) is 5.17. The quantitative estimate of drug-likeness (QED) is 0.868. The minimum absolute atomic E-state index is 0.0529. The van der Waals surface area contributed by atoms with Crippen LogP contribution in [0.15, 0.2) is 42.5 Å². The maximum absolute atomic E-state index is 12.8. The van der Waals surface area contributed by atoms with E-state index in [4.69, 9.17) is 4.74 Å². The van der Waals surface area contributed by atoms with Crippen molar-refractivity contribution in [3.63, 3.8) is 0 Å². The number of rotatable bonds is 5. The topological polar surface area (TPSA) is 49.8 Å². The zero-order valence-electron chi connectivity index (χ0n) is 15.9. The molecule has 0 saturated carbocycles. The van der Waals surface area contributed by atoms with E-state index in [0.29, 0.717) is 17.2 Å². The number of ketones is 1. The molecular weight excluding hydrogens is 338 g/mol. The van der Waals surface area contributed by atoms with Crippen molar-refractivity contribution in [3.05, 3.63) is 59.2 Å². The van der Waals surface area contributed by atoms with Crippen molar-refractivity contribution in [2.75, 3.05) is 20.2 Å². The van der Waals surface area contributed by atoms with Gasteiger partial charge in [0.05, 0.1) is 7.11 Å². The molecule has 0 radical (unpaired) electrons. The highest BCUT2D eigenvalue weighted by Gasteiger charge is 2.34. The molecule has 0 amide bonds. The smallest absolute Gasteiger partial charge is 0.166 e. The summed E-state index contributed by atoms with van der Waals surface area (Å²) < 4.78 is 5.18. The number of methoxy groups -OCH3 is 1. The minimum Gasteiger partial charge on any atom is -0.504 e. The first-order valence-electron chi connectivity index (χ1n) is 9.84. The van der Waals surface area contributed by atoms with Gasteiger partial charge in [-0.1, -0.05) is 30.3 Å². The summed E-state index contributed by atoms with van der Waals surface area (Å²) in [4.78, 5) is 15.3. The molecule has 142 valence electrons. The summed E-state index contributed by atoms with van der Waals surface area (Å²) in [6.07, 6.45) is 4.04. The Hall–Kier alpha value is -2.33. The van der Waals surface area contributed by atoms with Gasteiger partial charge < -0.3 is 9.84 Å². The molecule has 1 fully saturated rings. The zero-order valence-corrected chi connectivity index (χ0v) is 15.9. The number of carbonyl (C=O) groups is 1. The number of phenolic OH excluding ortho intramolecular Hbond substituents is 1. The Balaban J connectivity index is 1.32. The Morgan fingerprint density at radius 2 is 1.89 bits per heavy atom. The van der Waals surface area contributed by atoms with Gasteiger partial charge in [0.25, 0.3) is 0 Å². The van der Waals surface area contributed by atoms with Gasteiger partial charge in [0.1, 0.15) is 0 Å². The van der Waals surface area contributed by atoms with Crippen LogP contribution in [0.4, 0.5) is 0 Å². The van der Waals surface area contributed by atoms with Gasteiger partial charge in [-0.2, -0.15) is 0 Å². The monoisotopic (exact) mass is 365 g/mol. The molecule has 4 rings (SSSR count). The largest absolute Gasteiger partial charge is 0.504 e. The molecule has 2 aromatic carbocycles. The fraction of sp³-hybridized carbons (Fsp3) is 0.435. The lowest BCUT2D eigenvalue weighted by Gasteiger charge is -2.32. The second-order valence-electron chi connectivity index (χ2n) is 7.89. The van der Waals surface area contributed by atoms with Gasteiger partial charge in [0, 0.05) is 18.0 Å². The summed E-state index contributed by atoms with van der Waals surface area (Å²) in [6, 6.07) is 14.0. The van der Waals surface area contributed by atoms with Crippen molar-refractivity contribution in [3.8, 4) is 11.5 Å². The lowest BCUT2D eigenvalue weighted by Crippen LogP contribution is -2.34. The average Bonchev–Trinajstić information content (AvgIpc) is 2.98. The molecule has 2 aliphatic rings. The number of likely N-dealkylation sites (tertiary alicyclic amines) is 1. The number of hydrogen-bond donors (Lipinski definition) is 1. The molecule has 0 bridgehead atoms. The van der Waals surface area contributed by atoms with Crippen molar-refractivity contribution in [2.45, 2.75) is 32.2 Å². The van der Waals surface area contributed by atoms with Crippen LogP contribution in [0.1, 0.15) is 40.7 Å². The summed E-state index contributed by atoms with van der Waals surface area (Å²) in [5, 5.41) is 9.97. The Morgan fingerprint density at radius 3 is 2.59 bits per heavy atom.